The van der Waals surface area contributed by atoms with Gasteiger partial charge in [-0.2, -0.15) is 0 Å². The van der Waals surface area contributed by atoms with Crippen LogP contribution in [0.25, 0.3) is 0 Å². The molecule has 1 aromatic rings. The minimum atomic E-state index is -0.671. The van der Waals surface area contributed by atoms with Gasteiger partial charge in [-0.15, -0.1) is 0 Å². The Hall–Kier alpha value is -1.17. The normalized spacial score (nSPS) is 12.8. The summed E-state index contributed by atoms with van der Waals surface area (Å²) in [5, 5.41) is 0. The van der Waals surface area contributed by atoms with E-state index in [1.807, 2.05) is 13.8 Å². The minimum absolute atomic E-state index is 0.350. The van der Waals surface area contributed by atoms with E-state index < -0.39 is 18.1 Å². The van der Waals surface area contributed by atoms with Crippen molar-refractivity contribution in [1.29, 1.82) is 0 Å². The molecule has 0 radical (unpaired) electrons. The number of halogens is 1. The van der Waals surface area contributed by atoms with Crippen molar-refractivity contribution >= 4 is 0 Å². The number of ether oxygens (including phenoxy) is 3. The fraction of sp³-hybridized carbons (Fsp3) is 0.538. The largest absolute Gasteiger partial charge is 0.497 e. The molecular formula is C13H20FNO3. The van der Waals surface area contributed by atoms with Gasteiger partial charge < -0.3 is 19.9 Å². The zero-order valence-corrected chi connectivity index (χ0v) is 11.0. The van der Waals surface area contributed by atoms with E-state index in [1.165, 1.54) is 13.2 Å². The van der Waals surface area contributed by atoms with E-state index in [1.54, 1.807) is 12.1 Å². The second-order valence-electron chi connectivity index (χ2n) is 3.69. The zero-order valence-electron chi connectivity index (χ0n) is 11.0. The van der Waals surface area contributed by atoms with Gasteiger partial charge in [0.15, 0.2) is 6.29 Å². The monoisotopic (exact) mass is 257 g/mol. The van der Waals surface area contributed by atoms with Gasteiger partial charge >= 0.3 is 0 Å². The number of nitrogens with two attached hydrogens (primary N) is 1. The molecule has 5 heteroatoms. The molecular weight excluding hydrogens is 237 g/mol. The summed E-state index contributed by atoms with van der Waals surface area (Å²) in [4.78, 5) is 0. The number of rotatable bonds is 7. The first-order valence-electron chi connectivity index (χ1n) is 5.96. The van der Waals surface area contributed by atoms with Crippen molar-refractivity contribution in [2.75, 3.05) is 20.3 Å². The Morgan fingerprint density at radius 3 is 2.28 bits per heavy atom. The van der Waals surface area contributed by atoms with Crippen LogP contribution in [0.5, 0.6) is 5.75 Å². The molecule has 1 atom stereocenters. The van der Waals surface area contributed by atoms with E-state index in [9.17, 15) is 4.39 Å². The Bertz CT molecular complexity index is 367. The van der Waals surface area contributed by atoms with Crippen LogP contribution in [0, 0.1) is 5.82 Å². The van der Waals surface area contributed by atoms with Gasteiger partial charge in [-0.3, -0.25) is 0 Å². The Labute approximate surface area is 107 Å². The van der Waals surface area contributed by atoms with Crippen molar-refractivity contribution in [2.45, 2.75) is 26.2 Å². The molecule has 4 nitrogen and oxygen atoms in total. The fourth-order valence-corrected chi connectivity index (χ4v) is 1.64. The van der Waals surface area contributed by atoms with Crippen LogP contribution in [0.1, 0.15) is 25.5 Å². The topological polar surface area (TPSA) is 53.7 Å². The second-order valence-corrected chi connectivity index (χ2v) is 3.69. The maximum atomic E-state index is 13.9. The first-order valence-corrected chi connectivity index (χ1v) is 5.96. The molecule has 102 valence electrons. The third-order valence-electron chi connectivity index (χ3n) is 2.52. The SMILES string of the molecule is CCOC(OCC)C(N)c1ccc(OC)cc1F. The Morgan fingerprint density at radius 1 is 1.22 bits per heavy atom. The highest BCUT2D eigenvalue weighted by Gasteiger charge is 2.23. The van der Waals surface area contributed by atoms with Gasteiger partial charge in [0.2, 0.25) is 0 Å². The van der Waals surface area contributed by atoms with Crippen molar-refractivity contribution in [3.8, 4) is 5.75 Å². The molecule has 0 spiro atoms. The lowest BCUT2D eigenvalue weighted by molar-refractivity contribution is -0.149. The maximum absolute atomic E-state index is 13.9. The molecule has 0 aliphatic rings. The number of hydrogen-bond donors (Lipinski definition) is 1. The average molecular weight is 257 g/mol. The first-order chi connectivity index (χ1) is 8.63. The number of benzene rings is 1. The van der Waals surface area contributed by atoms with Crippen molar-refractivity contribution in [2.24, 2.45) is 5.73 Å². The summed E-state index contributed by atoms with van der Waals surface area (Å²) < 4.78 is 29.5. The lowest BCUT2D eigenvalue weighted by atomic mass is 10.1. The summed E-state index contributed by atoms with van der Waals surface area (Å²) in [6, 6.07) is 3.87. The predicted molar refractivity (Wildman–Crippen MR) is 66.9 cm³/mol. The van der Waals surface area contributed by atoms with Gasteiger partial charge in [0.1, 0.15) is 11.6 Å². The standard InChI is InChI=1S/C13H20FNO3/c1-4-17-13(18-5-2)12(15)10-7-6-9(16-3)8-11(10)14/h6-8,12-13H,4-5,15H2,1-3H3. The number of hydrogen-bond acceptors (Lipinski definition) is 4. The maximum Gasteiger partial charge on any atom is 0.176 e. The summed E-state index contributed by atoms with van der Waals surface area (Å²) in [6.45, 7) is 4.58. The van der Waals surface area contributed by atoms with Gasteiger partial charge in [0.05, 0.1) is 13.2 Å². The van der Waals surface area contributed by atoms with Crippen LogP contribution < -0.4 is 10.5 Å². The van der Waals surface area contributed by atoms with Crippen molar-refractivity contribution in [3.05, 3.63) is 29.6 Å². The smallest absolute Gasteiger partial charge is 0.176 e. The molecule has 0 heterocycles. The van der Waals surface area contributed by atoms with Crippen LogP contribution >= 0.6 is 0 Å². The molecule has 2 N–H and O–H groups in total. The molecule has 0 aliphatic heterocycles. The van der Waals surface area contributed by atoms with E-state index in [0.29, 0.717) is 24.5 Å². The minimum Gasteiger partial charge on any atom is -0.497 e. The quantitative estimate of drug-likeness (QED) is 0.761. The summed E-state index contributed by atoms with van der Waals surface area (Å²) in [5.74, 6) is 0.0269. The van der Waals surface area contributed by atoms with Crippen LogP contribution in [-0.4, -0.2) is 26.6 Å². The molecule has 1 rings (SSSR count). The van der Waals surface area contributed by atoms with E-state index >= 15 is 0 Å². The lowest BCUT2D eigenvalue weighted by Crippen LogP contribution is -2.32. The van der Waals surface area contributed by atoms with Gasteiger partial charge in [0, 0.05) is 24.8 Å². The van der Waals surface area contributed by atoms with Crippen molar-refractivity contribution in [1.82, 2.24) is 0 Å². The van der Waals surface area contributed by atoms with Crippen LogP contribution in [0.2, 0.25) is 0 Å². The molecule has 0 saturated carbocycles. The Balaban J connectivity index is 2.89. The molecule has 0 aromatic heterocycles. The van der Waals surface area contributed by atoms with Crippen LogP contribution in [0.15, 0.2) is 18.2 Å². The average Bonchev–Trinajstić information content (AvgIpc) is 2.37. The Morgan fingerprint density at radius 2 is 1.83 bits per heavy atom. The van der Waals surface area contributed by atoms with E-state index in [2.05, 4.69) is 0 Å². The summed E-state index contributed by atoms with van der Waals surface area (Å²) >= 11 is 0. The molecule has 18 heavy (non-hydrogen) atoms. The van der Waals surface area contributed by atoms with Crippen LogP contribution in [-0.2, 0) is 9.47 Å². The second kappa shape index (κ2) is 7.31. The van der Waals surface area contributed by atoms with Gasteiger partial charge in [-0.25, -0.2) is 4.39 Å². The molecule has 0 aliphatic carbocycles. The zero-order chi connectivity index (χ0) is 13.5. The predicted octanol–water partition coefficient (Wildman–Crippen LogP) is 2.23. The third kappa shape index (κ3) is 3.66. The van der Waals surface area contributed by atoms with Crippen LogP contribution in [0.4, 0.5) is 4.39 Å². The third-order valence-corrected chi connectivity index (χ3v) is 2.52. The molecule has 0 amide bonds. The van der Waals surface area contributed by atoms with E-state index in [0.717, 1.165) is 0 Å². The van der Waals surface area contributed by atoms with E-state index in [-0.39, 0.29) is 0 Å². The molecule has 1 unspecified atom stereocenters. The number of methoxy groups -OCH3 is 1. The molecule has 1 aromatic carbocycles. The fourth-order valence-electron chi connectivity index (χ4n) is 1.64. The highest BCUT2D eigenvalue weighted by atomic mass is 19.1. The van der Waals surface area contributed by atoms with Crippen molar-refractivity contribution < 1.29 is 18.6 Å². The summed E-state index contributed by atoms with van der Waals surface area (Å²) in [5.41, 5.74) is 6.32. The summed E-state index contributed by atoms with van der Waals surface area (Å²) in [7, 11) is 1.48. The molecule has 0 saturated heterocycles. The highest BCUT2D eigenvalue weighted by molar-refractivity contribution is 5.31. The lowest BCUT2D eigenvalue weighted by Gasteiger charge is -2.24. The van der Waals surface area contributed by atoms with Gasteiger partial charge in [-0.1, -0.05) is 6.07 Å². The highest BCUT2D eigenvalue weighted by Crippen LogP contribution is 2.24. The molecule has 0 bridgehead atoms. The van der Waals surface area contributed by atoms with E-state index in [4.69, 9.17) is 19.9 Å². The van der Waals surface area contributed by atoms with Crippen molar-refractivity contribution in [3.63, 3.8) is 0 Å². The first kappa shape index (κ1) is 14.9. The van der Waals surface area contributed by atoms with Crippen LogP contribution in [0.3, 0.4) is 0 Å². The summed E-state index contributed by atoms with van der Waals surface area (Å²) in [6.07, 6.45) is -0.650. The van der Waals surface area contributed by atoms with Gasteiger partial charge in [0.25, 0.3) is 0 Å². The van der Waals surface area contributed by atoms with Gasteiger partial charge in [-0.05, 0) is 19.9 Å². The molecule has 0 fully saturated rings. The Kier molecular flexibility index (Phi) is 6.04.